The Morgan fingerprint density at radius 2 is 1.90 bits per heavy atom. The molecule has 0 bridgehead atoms. The lowest BCUT2D eigenvalue weighted by atomic mass is 9.86. The Morgan fingerprint density at radius 3 is 2.00 bits per heavy atom. The standard InChI is InChI=1S/C8H16O2/c1-6(9)5-7(10)8(2,3)4/h7,10H,5H2,1-4H3/t7-/m1/s1. The van der Waals surface area contributed by atoms with Crippen LogP contribution in [0.25, 0.3) is 0 Å². The summed E-state index contributed by atoms with van der Waals surface area (Å²) in [5, 5.41) is 9.34. The van der Waals surface area contributed by atoms with Crippen molar-refractivity contribution in [3.8, 4) is 0 Å². The molecule has 0 aliphatic carbocycles. The van der Waals surface area contributed by atoms with E-state index in [1.54, 1.807) is 0 Å². The molecular formula is C8H16O2. The van der Waals surface area contributed by atoms with Crippen LogP contribution in [0.1, 0.15) is 34.1 Å². The second-order valence-corrected chi connectivity index (χ2v) is 3.79. The van der Waals surface area contributed by atoms with Crippen LogP contribution in [-0.2, 0) is 4.79 Å². The summed E-state index contributed by atoms with van der Waals surface area (Å²) >= 11 is 0. The topological polar surface area (TPSA) is 37.3 Å². The van der Waals surface area contributed by atoms with Crippen molar-refractivity contribution in [1.82, 2.24) is 0 Å². The largest absolute Gasteiger partial charge is 0.392 e. The highest BCUT2D eigenvalue weighted by Crippen LogP contribution is 2.21. The van der Waals surface area contributed by atoms with Gasteiger partial charge < -0.3 is 5.11 Å². The lowest BCUT2D eigenvalue weighted by Gasteiger charge is -2.24. The van der Waals surface area contributed by atoms with Crippen LogP contribution in [0.2, 0.25) is 0 Å². The van der Waals surface area contributed by atoms with Crippen molar-refractivity contribution in [2.45, 2.75) is 40.2 Å². The van der Waals surface area contributed by atoms with E-state index in [9.17, 15) is 9.90 Å². The molecule has 0 aliphatic heterocycles. The summed E-state index contributed by atoms with van der Waals surface area (Å²) in [6, 6.07) is 0. The SMILES string of the molecule is CC(=O)C[C@@H](O)C(C)(C)C. The third-order valence-electron chi connectivity index (χ3n) is 1.48. The maximum Gasteiger partial charge on any atom is 0.132 e. The van der Waals surface area contributed by atoms with E-state index in [1.807, 2.05) is 20.8 Å². The van der Waals surface area contributed by atoms with Crippen LogP contribution in [-0.4, -0.2) is 17.0 Å². The number of aliphatic hydroxyl groups is 1. The van der Waals surface area contributed by atoms with Crippen molar-refractivity contribution in [1.29, 1.82) is 0 Å². The molecule has 1 atom stereocenters. The van der Waals surface area contributed by atoms with Gasteiger partial charge in [-0.25, -0.2) is 0 Å². The Bertz CT molecular complexity index is 122. The average Bonchev–Trinajstić information content (AvgIpc) is 1.60. The third-order valence-corrected chi connectivity index (χ3v) is 1.48. The summed E-state index contributed by atoms with van der Waals surface area (Å²) in [5.41, 5.74) is -0.175. The van der Waals surface area contributed by atoms with Crippen molar-refractivity contribution in [3.05, 3.63) is 0 Å². The highest BCUT2D eigenvalue weighted by Gasteiger charge is 2.22. The van der Waals surface area contributed by atoms with Gasteiger partial charge in [0.25, 0.3) is 0 Å². The molecule has 0 aromatic rings. The number of hydrogen-bond donors (Lipinski definition) is 1. The van der Waals surface area contributed by atoms with Gasteiger partial charge in [-0.1, -0.05) is 20.8 Å². The molecule has 60 valence electrons. The first-order valence-electron chi connectivity index (χ1n) is 3.51. The molecule has 0 fully saturated rings. The van der Waals surface area contributed by atoms with Crippen molar-refractivity contribution in [2.75, 3.05) is 0 Å². The predicted octanol–water partition coefficient (Wildman–Crippen LogP) is 1.37. The first kappa shape index (κ1) is 9.63. The second-order valence-electron chi connectivity index (χ2n) is 3.79. The minimum Gasteiger partial charge on any atom is -0.392 e. The molecule has 2 heteroatoms. The number of rotatable bonds is 2. The van der Waals surface area contributed by atoms with Crippen LogP contribution in [0.5, 0.6) is 0 Å². The molecule has 2 nitrogen and oxygen atoms in total. The number of ketones is 1. The quantitative estimate of drug-likeness (QED) is 0.635. The van der Waals surface area contributed by atoms with E-state index in [-0.39, 0.29) is 17.6 Å². The van der Waals surface area contributed by atoms with Crippen molar-refractivity contribution in [2.24, 2.45) is 5.41 Å². The number of Topliss-reactive ketones (excluding diaryl/α,β-unsaturated/α-hetero) is 1. The molecule has 0 saturated carbocycles. The van der Waals surface area contributed by atoms with Crippen molar-refractivity contribution < 1.29 is 9.90 Å². The second kappa shape index (κ2) is 3.15. The molecule has 0 aliphatic rings. The van der Waals surface area contributed by atoms with E-state index in [2.05, 4.69) is 0 Å². The van der Waals surface area contributed by atoms with Crippen LogP contribution in [0, 0.1) is 5.41 Å². The van der Waals surface area contributed by atoms with Gasteiger partial charge in [0.2, 0.25) is 0 Å². The molecule has 0 amide bonds. The van der Waals surface area contributed by atoms with E-state index in [0.29, 0.717) is 0 Å². The summed E-state index contributed by atoms with van der Waals surface area (Å²) < 4.78 is 0. The minimum atomic E-state index is -0.509. The molecule has 0 spiro atoms. The molecule has 0 heterocycles. The number of carbonyl (C=O) groups is 1. The van der Waals surface area contributed by atoms with Crippen LogP contribution in [0.4, 0.5) is 0 Å². The van der Waals surface area contributed by atoms with Gasteiger partial charge in [-0.05, 0) is 12.3 Å². The normalized spacial score (nSPS) is 14.9. The smallest absolute Gasteiger partial charge is 0.132 e. The van der Waals surface area contributed by atoms with Gasteiger partial charge >= 0.3 is 0 Å². The minimum absolute atomic E-state index is 0.0439. The lowest BCUT2D eigenvalue weighted by Crippen LogP contribution is -2.27. The van der Waals surface area contributed by atoms with Gasteiger partial charge in [-0.15, -0.1) is 0 Å². The molecule has 0 unspecified atom stereocenters. The number of carbonyl (C=O) groups excluding carboxylic acids is 1. The molecule has 0 saturated heterocycles. The summed E-state index contributed by atoms with van der Waals surface area (Å²) in [7, 11) is 0. The fourth-order valence-corrected chi connectivity index (χ4v) is 0.578. The zero-order chi connectivity index (χ0) is 8.36. The molecule has 0 rings (SSSR count). The van der Waals surface area contributed by atoms with Crippen LogP contribution < -0.4 is 0 Å². The highest BCUT2D eigenvalue weighted by atomic mass is 16.3. The van der Waals surface area contributed by atoms with Crippen molar-refractivity contribution >= 4 is 5.78 Å². The fraction of sp³-hybridized carbons (Fsp3) is 0.875. The first-order valence-corrected chi connectivity index (χ1v) is 3.51. The average molecular weight is 144 g/mol. The predicted molar refractivity (Wildman–Crippen MR) is 40.8 cm³/mol. The molecule has 1 N–H and O–H groups in total. The Kier molecular flexibility index (Phi) is 3.03. The molecular weight excluding hydrogens is 128 g/mol. The van der Waals surface area contributed by atoms with Crippen molar-refractivity contribution in [3.63, 3.8) is 0 Å². The summed E-state index contributed by atoms with van der Waals surface area (Å²) in [6.07, 6.45) is -0.242. The van der Waals surface area contributed by atoms with E-state index < -0.39 is 6.10 Å². The van der Waals surface area contributed by atoms with Crippen LogP contribution >= 0.6 is 0 Å². The Morgan fingerprint density at radius 1 is 1.50 bits per heavy atom. The van der Waals surface area contributed by atoms with E-state index in [1.165, 1.54) is 6.92 Å². The van der Waals surface area contributed by atoms with Crippen LogP contribution in [0.15, 0.2) is 0 Å². The first-order chi connectivity index (χ1) is 4.34. The maximum absolute atomic E-state index is 10.5. The van der Waals surface area contributed by atoms with E-state index in [4.69, 9.17) is 0 Å². The lowest BCUT2D eigenvalue weighted by molar-refractivity contribution is -0.120. The van der Waals surface area contributed by atoms with E-state index in [0.717, 1.165) is 0 Å². The summed E-state index contributed by atoms with van der Waals surface area (Å²) in [4.78, 5) is 10.5. The number of hydrogen-bond acceptors (Lipinski definition) is 2. The van der Waals surface area contributed by atoms with Gasteiger partial charge in [0.05, 0.1) is 6.10 Å². The van der Waals surface area contributed by atoms with E-state index >= 15 is 0 Å². The Labute approximate surface area is 62.2 Å². The van der Waals surface area contributed by atoms with Gasteiger partial charge in [-0.2, -0.15) is 0 Å². The fourth-order valence-electron chi connectivity index (χ4n) is 0.578. The summed E-state index contributed by atoms with van der Waals surface area (Å²) in [5.74, 6) is 0.0439. The summed E-state index contributed by atoms with van der Waals surface area (Å²) in [6.45, 7) is 7.25. The van der Waals surface area contributed by atoms with Crippen LogP contribution in [0.3, 0.4) is 0 Å². The molecule has 10 heavy (non-hydrogen) atoms. The maximum atomic E-state index is 10.5. The third kappa shape index (κ3) is 3.62. The monoisotopic (exact) mass is 144 g/mol. The van der Waals surface area contributed by atoms with Gasteiger partial charge in [0.15, 0.2) is 0 Å². The molecule has 0 aromatic carbocycles. The zero-order valence-electron chi connectivity index (χ0n) is 7.14. The van der Waals surface area contributed by atoms with Gasteiger partial charge in [-0.3, -0.25) is 4.79 Å². The highest BCUT2D eigenvalue weighted by molar-refractivity contribution is 5.76. The zero-order valence-corrected chi connectivity index (χ0v) is 7.14. The van der Waals surface area contributed by atoms with Gasteiger partial charge in [0, 0.05) is 6.42 Å². The van der Waals surface area contributed by atoms with Gasteiger partial charge in [0.1, 0.15) is 5.78 Å². The Hall–Kier alpha value is -0.370. The molecule has 0 radical (unpaired) electrons. The molecule has 0 aromatic heterocycles. The Balaban J connectivity index is 3.85. The number of aliphatic hydroxyl groups excluding tert-OH is 1.